The summed E-state index contributed by atoms with van der Waals surface area (Å²) in [6, 6.07) is 14.2. The average molecular weight is 380 g/mol. The molecule has 1 amide bonds. The molecule has 7 heteroatoms. The maximum atomic E-state index is 12.4. The van der Waals surface area contributed by atoms with Crippen molar-refractivity contribution in [3.8, 4) is 5.75 Å². The van der Waals surface area contributed by atoms with Crippen molar-refractivity contribution < 1.29 is 18.3 Å². The van der Waals surface area contributed by atoms with Gasteiger partial charge in [0, 0.05) is 23.2 Å². The van der Waals surface area contributed by atoms with Gasteiger partial charge in [-0.2, -0.15) is 8.78 Å². The van der Waals surface area contributed by atoms with Crippen LogP contribution in [0.1, 0.15) is 12.5 Å². The molecule has 26 heavy (non-hydrogen) atoms. The Labute approximate surface area is 156 Å². The van der Waals surface area contributed by atoms with Crippen molar-refractivity contribution >= 4 is 23.4 Å². The molecule has 2 aromatic carbocycles. The fourth-order valence-electron chi connectivity index (χ4n) is 2.42. The number of ether oxygens (including phenoxy) is 1. The van der Waals surface area contributed by atoms with E-state index < -0.39 is 5.76 Å². The van der Waals surface area contributed by atoms with Crippen molar-refractivity contribution in [3.05, 3.63) is 54.1 Å². The molecular weight excluding hydrogens is 358 g/mol. The lowest BCUT2D eigenvalue weighted by Gasteiger charge is -2.20. The summed E-state index contributed by atoms with van der Waals surface area (Å²) in [7, 11) is 1.57. The van der Waals surface area contributed by atoms with Gasteiger partial charge in [0.15, 0.2) is 0 Å². The van der Waals surface area contributed by atoms with Crippen LogP contribution in [0.15, 0.2) is 53.4 Å². The predicted octanol–water partition coefficient (Wildman–Crippen LogP) is 4.47. The van der Waals surface area contributed by atoms with Crippen molar-refractivity contribution in [2.24, 2.45) is 0 Å². The quantitative estimate of drug-likeness (QED) is 0.652. The molecule has 4 nitrogen and oxygen atoms in total. The van der Waals surface area contributed by atoms with Crippen molar-refractivity contribution in [1.82, 2.24) is 4.90 Å². The molecule has 0 saturated heterocycles. The number of alkyl halides is 2. The van der Waals surface area contributed by atoms with Crippen LogP contribution < -0.4 is 10.1 Å². The molecule has 1 N–H and O–H groups in total. The summed E-state index contributed by atoms with van der Waals surface area (Å²) in [5.74, 6) is -1.87. The Bertz CT molecular complexity index is 711. The maximum absolute atomic E-state index is 12.4. The summed E-state index contributed by atoms with van der Waals surface area (Å²) in [4.78, 5) is 14.8. The van der Waals surface area contributed by atoms with Gasteiger partial charge in [-0.3, -0.25) is 9.69 Å². The maximum Gasteiger partial charge on any atom is 0.288 e. The Morgan fingerprint density at radius 3 is 2.58 bits per heavy atom. The normalized spacial score (nSPS) is 11.0. The molecule has 0 aliphatic rings. The van der Waals surface area contributed by atoms with Crippen molar-refractivity contribution in [2.75, 3.05) is 25.5 Å². The highest BCUT2D eigenvalue weighted by molar-refractivity contribution is 7.99. The number of nitrogens with one attached hydrogen (secondary N) is 1. The highest BCUT2D eigenvalue weighted by Gasteiger charge is 2.11. The largest absolute Gasteiger partial charge is 0.497 e. The number of rotatable bonds is 9. The van der Waals surface area contributed by atoms with Gasteiger partial charge in [-0.05, 0) is 36.4 Å². The fraction of sp³-hybridized carbons (Fsp3) is 0.316. The Morgan fingerprint density at radius 2 is 1.96 bits per heavy atom. The summed E-state index contributed by atoms with van der Waals surface area (Å²) >= 11 is 0.525. The van der Waals surface area contributed by atoms with E-state index >= 15 is 0 Å². The zero-order valence-corrected chi connectivity index (χ0v) is 15.6. The van der Waals surface area contributed by atoms with Gasteiger partial charge in [-0.25, -0.2) is 0 Å². The average Bonchev–Trinajstić information content (AvgIpc) is 2.62. The highest BCUT2D eigenvalue weighted by atomic mass is 32.2. The monoisotopic (exact) mass is 380 g/mol. The molecule has 0 aliphatic carbocycles. The molecule has 0 unspecified atom stereocenters. The fourth-order valence-corrected chi connectivity index (χ4v) is 2.92. The van der Waals surface area contributed by atoms with Gasteiger partial charge in [-0.15, -0.1) is 0 Å². The van der Waals surface area contributed by atoms with Crippen LogP contribution in [0.2, 0.25) is 0 Å². The van der Waals surface area contributed by atoms with Crippen LogP contribution in [0.5, 0.6) is 5.75 Å². The second kappa shape index (κ2) is 10.1. The summed E-state index contributed by atoms with van der Waals surface area (Å²) in [5.41, 5.74) is 1.65. The smallest absolute Gasteiger partial charge is 0.288 e. The van der Waals surface area contributed by atoms with Crippen LogP contribution >= 0.6 is 11.8 Å². The zero-order valence-electron chi connectivity index (χ0n) is 14.7. The summed E-state index contributed by atoms with van der Waals surface area (Å²) < 4.78 is 29.9. The number of halogens is 2. The second-order valence-corrected chi connectivity index (χ2v) is 6.67. The van der Waals surface area contributed by atoms with Gasteiger partial charge in [0.2, 0.25) is 5.91 Å². The third-order valence-corrected chi connectivity index (χ3v) is 4.45. The molecule has 0 atom stereocenters. The number of methoxy groups -OCH3 is 1. The molecule has 0 aromatic heterocycles. The van der Waals surface area contributed by atoms with Gasteiger partial charge < -0.3 is 10.1 Å². The molecule has 140 valence electrons. The van der Waals surface area contributed by atoms with Gasteiger partial charge >= 0.3 is 0 Å². The summed E-state index contributed by atoms with van der Waals surface area (Å²) in [5, 5.41) is 2.85. The van der Waals surface area contributed by atoms with Crippen molar-refractivity contribution in [2.45, 2.75) is 24.1 Å². The number of carbonyl (C=O) groups is 1. The second-order valence-electron chi connectivity index (χ2n) is 5.61. The lowest BCUT2D eigenvalue weighted by atomic mass is 10.2. The van der Waals surface area contributed by atoms with Crippen LogP contribution in [0.25, 0.3) is 0 Å². The third kappa shape index (κ3) is 6.65. The van der Waals surface area contributed by atoms with E-state index in [1.165, 1.54) is 0 Å². The molecular formula is C19H22F2N2O2S. The number of benzene rings is 2. The molecule has 0 fully saturated rings. The Kier molecular flexibility index (Phi) is 7.87. The summed E-state index contributed by atoms with van der Waals surface area (Å²) in [6.45, 7) is 3.47. The number of thioether (sulfide) groups is 1. The van der Waals surface area contributed by atoms with E-state index in [1.807, 2.05) is 36.1 Å². The van der Waals surface area contributed by atoms with E-state index in [4.69, 9.17) is 4.74 Å². The molecule has 2 aromatic rings. The number of likely N-dealkylation sites (N-methyl/N-ethyl adjacent to an activating group) is 1. The number of carbonyl (C=O) groups excluding carboxylic acids is 1. The Morgan fingerprint density at radius 1 is 1.23 bits per heavy atom. The van der Waals surface area contributed by atoms with E-state index in [-0.39, 0.29) is 12.5 Å². The van der Waals surface area contributed by atoms with Gasteiger partial charge in [-0.1, -0.05) is 36.9 Å². The lowest BCUT2D eigenvalue weighted by molar-refractivity contribution is -0.117. The zero-order chi connectivity index (χ0) is 18.9. The van der Waals surface area contributed by atoms with Crippen LogP contribution in [-0.2, 0) is 11.3 Å². The highest BCUT2D eigenvalue weighted by Crippen LogP contribution is 2.25. The number of hydrogen-bond donors (Lipinski definition) is 1. The van der Waals surface area contributed by atoms with Gasteiger partial charge in [0.05, 0.1) is 13.7 Å². The van der Waals surface area contributed by atoms with E-state index in [0.717, 1.165) is 5.56 Å². The Balaban J connectivity index is 1.90. The van der Waals surface area contributed by atoms with Crippen molar-refractivity contribution in [3.63, 3.8) is 0 Å². The van der Waals surface area contributed by atoms with Gasteiger partial charge in [0.25, 0.3) is 5.76 Å². The van der Waals surface area contributed by atoms with E-state index in [9.17, 15) is 13.6 Å². The predicted molar refractivity (Wildman–Crippen MR) is 101 cm³/mol. The molecule has 0 bridgehead atoms. The number of hydrogen-bond acceptors (Lipinski definition) is 4. The van der Waals surface area contributed by atoms with E-state index in [0.29, 0.717) is 41.2 Å². The van der Waals surface area contributed by atoms with Crippen LogP contribution in [0.3, 0.4) is 0 Å². The minimum atomic E-state index is -2.42. The van der Waals surface area contributed by atoms with Crippen LogP contribution in [0.4, 0.5) is 14.5 Å². The molecule has 0 spiro atoms. The number of anilines is 1. The van der Waals surface area contributed by atoms with E-state index in [1.54, 1.807) is 31.4 Å². The third-order valence-electron chi connectivity index (χ3n) is 3.72. The first-order valence-electron chi connectivity index (χ1n) is 8.20. The lowest BCUT2D eigenvalue weighted by Crippen LogP contribution is -2.32. The van der Waals surface area contributed by atoms with Gasteiger partial charge in [0.1, 0.15) is 5.75 Å². The SMILES string of the molecule is CCN(CC(=O)Nc1cccc(OC)c1)Cc1ccc(SC(F)F)cc1. The molecule has 0 heterocycles. The molecule has 0 radical (unpaired) electrons. The topological polar surface area (TPSA) is 41.6 Å². The van der Waals surface area contributed by atoms with Crippen LogP contribution in [-0.4, -0.2) is 36.8 Å². The minimum absolute atomic E-state index is 0.120. The molecule has 0 aliphatic heterocycles. The molecule has 2 rings (SSSR count). The molecule has 0 saturated carbocycles. The minimum Gasteiger partial charge on any atom is -0.497 e. The standard InChI is InChI=1S/C19H22F2N2O2S/c1-3-23(12-14-7-9-17(10-8-14)26-19(20)21)13-18(24)22-15-5-4-6-16(11-15)25-2/h4-11,19H,3,12-13H2,1-2H3,(H,22,24). The van der Waals surface area contributed by atoms with Crippen molar-refractivity contribution in [1.29, 1.82) is 0 Å². The first kappa shape index (κ1) is 20.2. The first-order valence-corrected chi connectivity index (χ1v) is 9.08. The Hall–Kier alpha value is -2.12. The first-order chi connectivity index (χ1) is 12.5. The van der Waals surface area contributed by atoms with E-state index in [2.05, 4.69) is 5.32 Å². The number of amides is 1. The van der Waals surface area contributed by atoms with Crippen LogP contribution in [0, 0.1) is 0 Å². The number of nitrogens with zero attached hydrogens (tertiary/aromatic N) is 1. The summed E-state index contributed by atoms with van der Waals surface area (Å²) in [6.07, 6.45) is 0.